The van der Waals surface area contributed by atoms with Gasteiger partial charge in [0.2, 0.25) is 17.5 Å². The molecular formula is C19H27N3O5. The Hall–Kier alpha value is -2.32. The summed E-state index contributed by atoms with van der Waals surface area (Å²) < 4.78 is 27.1. The topological polar surface area (TPSA) is 79.1 Å². The highest BCUT2D eigenvalue weighted by atomic mass is 16.5. The van der Waals surface area contributed by atoms with E-state index in [0.717, 1.165) is 13.0 Å². The molecule has 1 aromatic heterocycles. The zero-order valence-electron chi connectivity index (χ0n) is 16.4. The van der Waals surface area contributed by atoms with Gasteiger partial charge in [-0.25, -0.2) is 0 Å². The van der Waals surface area contributed by atoms with Crippen molar-refractivity contribution in [3.8, 4) is 28.6 Å². The van der Waals surface area contributed by atoms with E-state index in [1.54, 1.807) is 34.5 Å². The maximum absolute atomic E-state index is 5.52. The van der Waals surface area contributed by atoms with E-state index in [9.17, 15) is 0 Å². The minimum Gasteiger partial charge on any atom is -0.493 e. The van der Waals surface area contributed by atoms with Gasteiger partial charge in [-0.05, 0) is 31.5 Å². The summed E-state index contributed by atoms with van der Waals surface area (Å²) in [6, 6.07) is 4.02. The van der Waals surface area contributed by atoms with E-state index in [-0.39, 0.29) is 0 Å². The number of ether oxygens (including phenoxy) is 4. The van der Waals surface area contributed by atoms with Crippen LogP contribution < -0.4 is 14.2 Å². The third kappa shape index (κ3) is 4.17. The van der Waals surface area contributed by atoms with Gasteiger partial charge in [-0.2, -0.15) is 4.98 Å². The van der Waals surface area contributed by atoms with Gasteiger partial charge in [-0.15, -0.1) is 0 Å². The molecule has 2 aromatic rings. The van der Waals surface area contributed by atoms with E-state index in [2.05, 4.69) is 15.0 Å². The number of aromatic nitrogens is 2. The summed E-state index contributed by atoms with van der Waals surface area (Å²) in [5.41, 5.74) is 0.692. The summed E-state index contributed by atoms with van der Waals surface area (Å²) in [6.45, 7) is 2.33. The average Bonchev–Trinajstić information content (AvgIpc) is 3.16. The molecule has 0 unspecified atom stereocenters. The van der Waals surface area contributed by atoms with Crippen molar-refractivity contribution >= 4 is 0 Å². The van der Waals surface area contributed by atoms with Crippen molar-refractivity contribution in [2.24, 2.45) is 0 Å². The normalized spacial score (nSPS) is 17.7. The molecule has 0 bridgehead atoms. The minimum atomic E-state index is 0.384. The second-order valence-corrected chi connectivity index (χ2v) is 6.47. The molecule has 1 aliphatic rings. The second-order valence-electron chi connectivity index (χ2n) is 6.47. The van der Waals surface area contributed by atoms with Gasteiger partial charge in [0.1, 0.15) is 0 Å². The first-order chi connectivity index (χ1) is 13.2. The third-order valence-electron chi connectivity index (χ3n) is 4.86. The summed E-state index contributed by atoms with van der Waals surface area (Å²) in [7, 11) is 6.46. The molecule has 1 fully saturated rings. The lowest BCUT2D eigenvalue weighted by Gasteiger charge is -2.34. The van der Waals surface area contributed by atoms with Crippen LogP contribution in [0.2, 0.25) is 0 Å². The Morgan fingerprint density at radius 2 is 1.89 bits per heavy atom. The monoisotopic (exact) mass is 377 g/mol. The van der Waals surface area contributed by atoms with Crippen LogP contribution in [0.15, 0.2) is 16.7 Å². The largest absolute Gasteiger partial charge is 0.493 e. The standard InChI is InChI=1S/C19H27N3O5/c1-23-12-13-7-5-6-10-22(13)11-16-20-19(21-27-16)14-8-9-15(24-2)18(26-4)17(14)25-3/h8-9,13H,5-7,10-12H2,1-4H3/t13-/m0/s1. The molecule has 8 nitrogen and oxygen atoms in total. The third-order valence-corrected chi connectivity index (χ3v) is 4.86. The molecule has 2 heterocycles. The van der Waals surface area contributed by atoms with E-state index in [4.69, 9.17) is 23.5 Å². The van der Waals surface area contributed by atoms with Crippen LogP contribution in [0.25, 0.3) is 11.4 Å². The molecule has 0 saturated carbocycles. The molecule has 1 aromatic carbocycles. The van der Waals surface area contributed by atoms with Crippen LogP contribution >= 0.6 is 0 Å². The van der Waals surface area contributed by atoms with Crippen molar-refractivity contribution < 1.29 is 23.5 Å². The SMILES string of the molecule is COC[C@@H]1CCCCN1Cc1nc(-c2ccc(OC)c(OC)c2OC)no1. The molecule has 0 spiro atoms. The Bertz CT molecular complexity index is 747. The fourth-order valence-electron chi connectivity index (χ4n) is 3.53. The summed E-state index contributed by atoms with van der Waals surface area (Å²) in [5, 5.41) is 4.14. The van der Waals surface area contributed by atoms with Gasteiger partial charge < -0.3 is 23.5 Å². The lowest BCUT2D eigenvalue weighted by atomic mass is 10.0. The predicted molar refractivity (Wildman–Crippen MR) is 99.3 cm³/mol. The summed E-state index contributed by atoms with van der Waals surface area (Å²) in [6.07, 6.45) is 3.52. The highest BCUT2D eigenvalue weighted by molar-refractivity contribution is 5.71. The van der Waals surface area contributed by atoms with Crippen LogP contribution in [0.4, 0.5) is 0 Å². The van der Waals surface area contributed by atoms with Gasteiger partial charge in [0.05, 0.1) is 40.0 Å². The number of piperidine rings is 1. The van der Waals surface area contributed by atoms with Gasteiger partial charge in [0, 0.05) is 13.2 Å². The zero-order chi connectivity index (χ0) is 19.2. The number of benzene rings is 1. The summed E-state index contributed by atoms with van der Waals surface area (Å²) in [5.74, 6) is 2.63. The molecule has 1 saturated heterocycles. The lowest BCUT2D eigenvalue weighted by molar-refractivity contribution is 0.0532. The van der Waals surface area contributed by atoms with Crippen LogP contribution in [-0.4, -0.2) is 62.7 Å². The molecule has 0 radical (unpaired) electrons. The number of nitrogens with zero attached hydrogens (tertiary/aromatic N) is 3. The van der Waals surface area contributed by atoms with Crippen LogP contribution in [0.1, 0.15) is 25.2 Å². The van der Waals surface area contributed by atoms with Crippen molar-refractivity contribution in [2.75, 3.05) is 41.6 Å². The summed E-state index contributed by atoms with van der Waals surface area (Å²) in [4.78, 5) is 6.92. The van der Waals surface area contributed by atoms with Crippen molar-refractivity contribution in [3.63, 3.8) is 0 Å². The van der Waals surface area contributed by atoms with Crippen LogP contribution in [-0.2, 0) is 11.3 Å². The Morgan fingerprint density at radius 3 is 2.59 bits per heavy atom. The quantitative estimate of drug-likeness (QED) is 0.695. The predicted octanol–water partition coefficient (Wildman–Crippen LogP) is 2.76. The van der Waals surface area contributed by atoms with E-state index < -0.39 is 0 Å². The molecule has 27 heavy (non-hydrogen) atoms. The molecule has 0 aliphatic carbocycles. The minimum absolute atomic E-state index is 0.384. The number of hydrogen-bond acceptors (Lipinski definition) is 8. The van der Waals surface area contributed by atoms with Gasteiger partial charge in [-0.3, -0.25) is 4.90 Å². The van der Waals surface area contributed by atoms with Gasteiger partial charge in [0.15, 0.2) is 11.5 Å². The molecule has 148 valence electrons. The van der Waals surface area contributed by atoms with Gasteiger partial charge >= 0.3 is 0 Å². The Kier molecular flexibility index (Phi) is 6.52. The molecule has 8 heteroatoms. The highest BCUT2D eigenvalue weighted by Gasteiger charge is 2.25. The van der Waals surface area contributed by atoms with Crippen LogP contribution in [0.5, 0.6) is 17.2 Å². The average molecular weight is 377 g/mol. The number of rotatable bonds is 8. The van der Waals surface area contributed by atoms with Gasteiger partial charge in [0.25, 0.3) is 0 Å². The first-order valence-electron chi connectivity index (χ1n) is 9.06. The number of methoxy groups -OCH3 is 4. The second kappa shape index (κ2) is 9.05. The Balaban J connectivity index is 1.83. The molecule has 1 aliphatic heterocycles. The highest BCUT2D eigenvalue weighted by Crippen LogP contribution is 2.43. The fraction of sp³-hybridized carbons (Fsp3) is 0.579. The maximum atomic E-state index is 5.52. The lowest BCUT2D eigenvalue weighted by Crippen LogP contribution is -2.41. The maximum Gasteiger partial charge on any atom is 0.241 e. The fourth-order valence-corrected chi connectivity index (χ4v) is 3.53. The molecule has 0 N–H and O–H groups in total. The van der Waals surface area contributed by atoms with Crippen molar-refractivity contribution in [1.29, 1.82) is 0 Å². The van der Waals surface area contributed by atoms with E-state index >= 15 is 0 Å². The number of hydrogen-bond donors (Lipinski definition) is 0. The molecule has 3 rings (SSSR count). The molecule has 1 atom stereocenters. The van der Waals surface area contributed by atoms with E-state index in [1.165, 1.54) is 12.8 Å². The Labute approximate surface area is 159 Å². The molecular weight excluding hydrogens is 350 g/mol. The van der Waals surface area contributed by atoms with Crippen LogP contribution in [0.3, 0.4) is 0 Å². The first-order valence-corrected chi connectivity index (χ1v) is 9.06. The van der Waals surface area contributed by atoms with Crippen LogP contribution in [0, 0.1) is 0 Å². The molecule has 0 amide bonds. The van der Waals surface area contributed by atoms with Crippen molar-refractivity contribution in [3.05, 3.63) is 18.0 Å². The number of likely N-dealkylation sites (tertiary alicyclic amines) is 1. The smallest absolute Gasteiger partial charge is 0.241 e. The van der Waals surface area contributed by atoms with Crippen molar-refractivity contribution in [1.82, 2.24) is 15.0 Å². The Morgan fingerprint density at radius 1 is 1.07 bits per heavy atom. The summed E-state index contributed by atoms with van der Waals surface area (Å²) >= 11 is 0. The van der Waals surface area contributed by atoms with E-state index in [0.29, 0.717) is 53.7 Å². The van der Waals surface area contributed by atoms with Crippen molar-refractivity contribution in [2.45, 2.75) is 31.8 Å². The van der Waals surface area contributed by atoms with E-state index in [1.807, 2.05) is 6.07 Å². The zero-order valence-corrected chi connectivity index (χ0v) is 16.4. The first kappa shape index (κ1) is 19.4. The van der Waals surface area contributed by atoms with Gasteiger partial charge in [-0.1, -0.05) is 11.6 Å².